The van der Waals surface area contributed by atoms with E-state index < -0.39 is 28.6 Å². The molecule has 0 amide bonds. The van der Waals surface area contributed by atoms with E-state index >= 15 is 0 Å². The van der Waals surface area contributed by atoms with Gasteiger partial charge in [-0.3, -0.25) is 20.2 Å². The van der Waals surface area contributed by atoms with Crippen LogP contribution in [0.2, 0.25) is 0 Å². The third kappa shape index (κ3) is 10.4. The van der Waals surface area contributed by atoms with Gasteiger partial charge >= 0.3 is 0 Å². The Morgan fingerprint density at radius 3 is 1.98 bits per heavy atom. The molecule has 4 N–H and O–H groups in total. The van der Waals surface area contributed by atoms with Gasteiger partial charge in [-0.2, -0.15) is 0 Å². The molecular formula is C36H66N2O4. The van der Waals surface area contributed by atoms with E-state index in [4.69, 9.17) is 0 Å². The van der Waals surface area contributed by atoms with Crippen LogP contribution in [0.3, 0.4) is 0 Å². The van der Waals surface area contributed by atoms with Gasteiger partial charge in [-0.25, -0.2) is 0 Å². The van der Waals surface area contributed by atoms with Crippen LogP contribution in [-0.4, -0.2) is 46.3 Å². The first-order chi connectivity index (χ1) is 19.5. The van der Waals surface area contributed by atoms with E-state index in [-0.39, 0.29) is 17.6 Å². The zero-order valence-corrected chi connectivity index (χ0v) is 28.9. The first-order valence-corrected chi connectivity index (χ1v) is 16.8. The minimum atomic E-state index is -2.72. The van der Waals surface area contributed by atoms with Gasteiger partial charge in [0.25, 0.3) is 0 Å². The summed E-state index contributed by atoms with van der Waals surface area (Å²) in [7, 11) is 0. The molecule has 0 bridgehead atoms. The van der Waals surface area contributed by atoms with Gasteiger partial charge in [0.2, 0.25) is 11.6 Å². The third-order valence-corrected chi connectivity index (χ3v) is 8.86. The van der Waals surface area contributed by atoms with Crippen molar-refractivity contribution in [1.29, 1.82) is 0 Å². The number of hydrogen-bond acceptors (Lipinski definition) is 6. The van der Waals surface area contributed by atoms with E-state index in [1.54, 1.807) is 0 Å². The Morgan fingerprint density at radius 2 is 1.50 bits per heavy atom. The van der Waals surface area contributed by atoms with Crippen LogP contribution in [0.25, 0.3) is 0 Å². The van der Waals surface area contributed by atoms with Gasteiger partial charge in [-0.15, -0.1) is 0 Å². The van der Waals surface area contributed by atoms with Gasteiger partial charge in [0.1, 0.15) is 5.66 Å². The SMILES string of the molecule is CCCCCC1(CCCCC)C(=O)C(O)(O)C(CC=C(C)CCC=C(C)C)C(=O)C1(NCCC(C)C)NCC(C)(C)C. The molecule has 0 aromatic carbocycles. The zero-order valence-electron chi connectivity index (χ0n) is 28.9. The highest BCUT2D eigenvalue weighted by Gasteiger charge is 2.71. The standard InChI is InChI=1S/C36H66N2O4/c1-11-13-15-23-34(24-16-14-12-2)32(40)35(41,42)30(21-20-29(7)19-17-18-27(3)4)31(39)36(34,37-25-22-28(5)6)38-26-33(8,9)10/h18,20,28,30,37-38,41-42H,11-17,19,21-26H2,1-10H3. The van der Waals surface area contributed by atoms with Crippen LogP contribution in [0.5, 0.6) is 0 Å². The van der Waals surface area contributed by atoms with Crippen LogP contribution in [0.1, 0.15) is 146 Å². The van der Waals surface area contributed by atoms with Crippen LogP contribution in [-0.2, 0) is 9.59 Å². The summed E-state index contributed by atoms with van der Waals surface area (Å²) in [5.74, 6) is -4.45. The molecule has 1 saturated carbocycles. The predicted octanol–water partition coefficient (Wildman–Crippen LogP) is 7.63. The molecule has 0 saturated heterocycles. The summed E-state index contributed by atoms with van der Waals surface area (Å²) in [5, 5.41) is 30.6. The number of carbonyl (C=O) groups excluding carboxylic acids is 2. The number of allylic oxidation sites excluding steroid dienone is 4. The maximum Gasteiger partial charge on any atom is 0.235 e. The Hall–Kier alpha value is -1.34. The molecular weight excluding hydrogens is 524 g/mol. The molecule has 2 atom stereocenters. The van der Waals surface area contributed by atoms with Gasteiger partial charge in [-0.1, -0.05) is 110 Å². The Bertz CT molecular complexity index is 898. The molecule has 6 nitrogen and oxygen atoms in total. The molecule has 0 aromatic rings. The van der Waals surface area contributed by atoms with Crippen molar-refractivity contribution in [3.8, 4) is 0 Å². The fraction of sp³-hybridized carbons (Fsp3) is 0.833. The Kier molecular flexibility index (Phi) is 15.9. The number of nitrogens with one attached hydrogen (secondary N) is 2. The normalized spacial score (nSPS) is 22.6. The highest BCUT2D eigenvalue weighted by Crippen LogP contribution is 2.52. The fourth-order valence-electron chi connectivity index (χ4n) is 6.24. The molecule has 0 aromatic heterocycles. The molecule has 0 spiro atoms. The van der Waals surface area contributed by atoms with Crippen molar-refractivity contribution in [2.45, 2.75) is 158 Å². The minimum absolute atomic E-state index is 0.114. The lowest BCUT2D eigenvalue weighted by Gasteiger charge is -2.57. The minimum Gasteiger partial charge on any atom is -0.359 e. The molecule has 0 radical (unpaired) electrons. The molecule has 1 rings (SSSR count). The van der Waals surface area contributed by atoms with Crippen LogP contribution < -0.4 is 10.6 Å². The second kappa shape index (κ2) is 17.2. The molecule has 0 heterocycles. The smallest absolute Gasteiger partial charge is 0.235 e. The second-order valence-electron chi connectivity index (χ2n) is 14.8. The molecule has 0 aliphatic heterocycles. The lowest BCUT2D eigenvalue weighted by atomic mass is 9.54. The Morgan fingerprint density at radius 1 is 0.929 bits per heavy atom. The topological polar surface area (TPSA) is 98.7 Å². The van der Waals surface area contributed by atoms with Crippen LogP contribution in [0, 0.1) is 22.7 Å². The number of rotatable bonds is 19. The largest absolute Gasteiger partial charge is 0.359 e. The van der Waals surface area contributed by atoms with Crippen molar-refractivity contribution in [3.63, 3.8) is 0 Å². The highest BCUT2D eigenvalue weighted by molar-refractivity contribution is 6.09. The lowest BCUT2D eigenvalue weighted by molar-refractivity contribution is -0.233. The quantitative estimate of drug-likeness (QED) is 0.0701. The Labute approximate surface area is 258 Å². The summed E-state index contributed by atoms with van der Waals surface area (Å²) in [6, 6.07) is 0. The number of Topliss-reactive ketones (excluding diaryl/α,β-unsaturated/α-hetero) is 2. The summed E-state index contributed by atoms with van der Waals surface area (Å²) in [6.45, 7) is 22.1. The first kappa shape index (κ1) is 38.7. The Balaban J connectivity index is 3.82. The van der Waals surface area contributed by atoms with Gasteiger partial charge in [0, 0.05) is 6.54 Å². The second-order valence-corrected chi connectivity index (χ2v) is 14.8. The average molecular weight is 591 g/mol. The molecule has 6 heteroatoms. The molecule has 2 unspecified atom stereocenters. The number of hydrogen-bond donors (Lipinski definition) is 4. The van der Waals surface area contributed by atoms with Crippen molar-refractivity contribution in [3.05, 3.63) is 23.3 Å². The van der Waals surface area contributed by atoms with Crippen molar-refractivity contribution in [1.82, 2.24) is 10.6 Å². The maximum atomic E-state index is 15.0. The monoisotopic (exact) mass is 591 g/mol. The van der Waals surface area contributed by atoms with E-state index in [2.05, 4.69) is 79.0 Å². The number of aliphatic hydroxyl groups is 2. The number of ketones is 2. The molecule has 1 fully saturated rings. The van der Waals surface area contributed by atoms with Crippen molar-refractivity contribution < 1.29 is 19.8 Å². The van der Waals surface area contributed by atoms with E-state index in [0.717, 1.165) is 63.4 Å². The zero-order chi connectivity index (χ0) is 32.2. The first-order valence-electron chi connectivity index (χ1n) is 16.8. The van der Waals surface area contributed by atoms with Crippen molar-refractivity contribution in [2.24, 2.45) is 22.7 Å². The molecule has 1 aliphatic rings. The molecule has 42 heavy (non-hydrogen) atoms. The van der Waals surface area contributed by atoms with E-state index in [1.165, 1.54) is 5.57 Å². The van der Waals surface area contributed by atoms with E-state index in [9.17, 15) is 19.8 Å². The van der Waals surface area contributed by atoms with Crippen LogP contribution in [0.15, 0.2) is 23.3 Å². The highest BCUT2D eigenvalue weighted by atomic mass is 16.5. The average Bonchev–Trinajstić information content (AvgIpc) is 2.88. The summed E-state index contributed by atoms with van der Waals surface area (Å²) in [4.78, 5) is 29.6. The van der Waals surface area contributed by atoms with Gasteiger partial charge < -0.3 is 10.2 Å². The lowest BCUT2D eigenvalue weighted by Crippen LogP contribution is -2.82. The third-order valence-electron chi connectivity index (χ3n) is 8.86. The molecule has 244 valence electrons. The maximum absolute atomic E-state index is 15.0. The summed E-state index contributed by atoms with van der Waals surface area (Å²) in [6.07, 6.45) is 12.9. The van der Waals surface area contributed by atoms with Gasteiger partial charge in [0.05, 0.1) is 11.3 Å². The van der Waals surface area contributed by atoms with Crippen LogP contribution >= 0.6 is 0 Å². The van der Waals surface area contributed by atoms with E-state index in [0.29, 0.717) is 31.8 Å². The fourth-order valence-corrected chi connectivity index (χ4v) is 6.24. The van der Waals surface area contributed by atoms with Crippen molar-refractivity contribution in [2.75, 3.05) is 13.1 Å². The summed E-state index contributed by atoms with van der Waals surface area (Å²) >= 11 is 0. The van der Waals surface area contributed by atoms with Gasteiger partial charge in [-0.05, 0) is 77.2 Å². The van der Waals surface area contributed by atoms with Crippen molar-refractivity contribution >= 4 is 11.6 Å². The van der Waals surface area contributed by atoms with Crippen LogP contribution in [0.4, 0.5) is 0 Å². The number of carbonyl (C=O) groups is 2. The summed E-state index contributed by atoms with van der Waals surface area (Å²) in [5.41, 5.74) is -0.466. The molecule has 1 aliphatic carbocycles. The predicted molar refractivity (Wildman–Crippen MR) is 176 cm³/mol. The number of unbranched alkanes of at least 4 members (excludes halogenated alkanes) is 4. The summed E-state index contributed by atoms with van der Waals surface area (Å²) < 4.78 is 0. The van der Waals surface area contributed by atoms with Gasteiger partial charge in [0.15, 0.2) is 5.78 Å². The van der Waals surface area contributed by atoms with E-state index in [1.807, 2.05) is 13.0 Å².